The average molecular weight is 373 g/mol. The maximum atomic E-state index is 12.8. The van der Waals surface area contributed by atoms with E-state index in [4.69, 9.17) is 4.74 Å². The van der Waals surface area contributed by atoms with Crippen LogP contribution in [0.1, 0.15) is 53.3 Å². The average Bonchev–Trinajstić information content (AvgIpc) is 2.74. The Bertz CT molecular complexity index is 626. The molecule has 1 aromatic carbocycles. The van der Waals surface area contributed by atoms with Crippen LogP contribution < -0.4 is 5.32 Å². The first kappa shape index (κ1) is 19.8. The zero-order valence-electron chi connectivity index (χ0n) is 16.3. The van der Waals surface area contributed by atoms with Gasteiger partial charge in [0.15, 0.2) is 0 Å². The lowest BCUT2D eigenvalue weighted by atomic mass is 9.98. The molecule has 2 saturated heterocycles. The molecule has 2 aliphatic rings. The monoisotopic (exact) mass is 373 g/mol. The highest BCUT2D eigenvalue weighted by atomic mass is 16.5. The van der Waals surface area contributed by atoms with Gasteiger partial charge in [-0.1, -0.05) is 6.92 Å². The number of morpholine rings is 1. The number of carbonyl (C=O) groups excluding carboxylic acids is 2. The van der Waals surface area contributed by atoms with Crippen molar-refractivity contribution < 1.29 is 14.3 Å². The summed E-state index contributed by atoms with van der Waals surface area (Å²) in [5.41, 5.74) is 1.26. The van der Waals surface area contributed by atoms with Crippen LogP contribution in [0.25, 0.3) is 0 Å². The van der Waals surface area contributed by atoms with E-state index in [1.165, 1.54) is 6.42 Å². The molecule has 27 heavy (non-hydrogen) atoms. The van der Waals surface area contributed by atoms with Crippen molar-refractivity contribution in [3.05, 3.63) is 35.4 Å². The van der Waals surface area contributed by atoms with Crippen molar-refractivity contribution in [2.45, 2.75) is 38.6 Å². The summed E-state index contributed by atoms with van der Waals surface area (Å²) in [6.07, 6.45) is 4.36. The fourth-order valence-corrected chi connectivity index (χ4v) is 3.88. The topological polar surface area (TPSA) is 61.9 Å². The number of hydrogen-bond donors (Lipinski definition) is 1. The molecule has 2 fully saturated rings. The van der Waals surface area contributed by atoms with E-state index in [-0.39, 0.29) is 11.8 Å². The Kier molecular flexibility index (Phi) is 7.24. The smallest absolute Gasteiger partial charge is 0.254 e. The molecule has 6 heteroatoms. The molecule has 0 aromatic heterocycles. The second kappa shape index (κ2) is 9.85. The molecule has 0 saturated carbocycles. The fourth-order valence-electron chi connectivity index (χ4n) is 3.88. The van der Waals surface area contributed by atoms with E-state index < -0.39 is 0 Å². The molecule has 0 aliphatic carbocycles. The van der Waals surface area contributed by atoms with Crippen LogP contribution in [0.5, 0.6) is 0 Å². The molecule has 2 amide bonds. The molecule has 3 rings (SSSR count). The molecule has 2 aliphatic heterocycles. The van der Waals surface area contributed by atoms with Gasteiger partial charge in [0.1, 0.15) is 0 Å². The maximum Gasteiger partial charge on any atom is 0.254 e. The van der Waals surface area contributed by atoms with Crippen LogP contribution in [0.2, 0.25) is 0 Å². The third-order valence-electron chi connectivity index (χ3n) is 5.57. The van der Waals surface area contributed by atoms with Gasteiger partial charge in [-0.15, -0.1) is 0 Å². The summed E-state index contributed by atoms with van der Waals surface area (Å²) in [5.74, 6) is -0.00695. The minimum atomic E-state index is -0.0911. The van der Waals surface area contributed by atoms with E-state index in [0.717, 1.165) is 58.7 Å². The highest BCUT2D eigenvalue weighted by Crippen LogP contribution is 2.22. The molecule has 1 N–H and O–H groups in total. The van der Waals surface area contributed by atoms with E-state index in [1.807, 2.05) is 4.90 Å². The Hall–Kier alpha value is -1.92. The van der Waals surface area contributed by atoms with Gasteiger partial charge in [0.25, 0.3) is 11.8 Å². The van der Waals surface area contributed by atoms with Gasteiger partial charge in [0, 0.05) is 49.9 Å². The minimum absolute atomic E-state index is 0.0841. The molecule has 2 heterocycles. The predicted octanol–water partition coefficient (Wildman–Crippen LogP) is 2.15. The van der Waals surface area contributed by atoms with Crippen LogP contribution >= 0.6 is 0 Å². The number of ether oxygens (including phenoxy) is 1. The number of hydrogen-bond acceptors (Lipinski definition) is 4. The van der Waals surface area contributed by atoms with Gasteiger partial charge in [-0.05, 0) is 49.9 Å². The second-order valence-corrected chi connectivity index (χ2v) is 7.34. The molecule has 1 unspecified atom stereocenters. The lowest BCUT2D eigenvalue weighted by Crippen LogP contribution is -2.43. The molecular formula is C21H31N3O3. The van der Waals surface area contributed by atoms with Crippen LogP contribution in [0.4, 0.5) is 0 Å². The molecule has 1 atom stereocenters. The summed E-state index contributed by atoms with van der Waals surface area (Å²) >= 11 is 0. The number of carbonyl (C=O) groups is 2. The SMILES string of the molecule is CCC1CCCCN1C(=O)c1ccc(C(=O)NCCN2CCOCC2)cc1. The number of nitrogens with one attached hydrogen (secondary N) is 1. The number of benzene rings is 1. The number of likely N-dealkylation sites (tertiary alicyclic amines) is 1. The van der Waals surface area contributed by atoms with Gasteiger partial charge in [0.2, 0.25) is 0 Å². The number of amides is 2. The van der Waals surface area contributed by atoms with Gasteiger partial charge < -0.3 is 15.0 Å². The third kappa shape index (κ3) is 5.30. The second-order valence-electron chi connectivity index (χ2n) is 7.34. The van der Waals surface area contributed by atoms with Crippen molar-refractivity contribution in [1.29, 1.82) is 0 Å². The lowest BCUT2D eigenvalue weighted by molar-refractivity contribution is 0.0383. The van der Waals surface area contributed by atoms with E-state index in [1.54, 1.807) is 24.3 Å². The van der Waals surface area contributed by atoms with Gasteiger partial charge in [-0.2, -0.15) is 0 Å². The molecular weight excluding hydrogens is 342 g/mol. The normalized spacial score (nSPS) is 21.1. The van der Waals surface area contributed by atoms with Crippen molar-refractivity contribution in [2.24, 2.45) is 0 Å². The Morgan fingerprint density at radius 2 is 1.78 bits per heavy atom. The molecule has 0 spiro atoms. The fraction of sp³-hybridized carbons (Fsp3) is 0.619. The quantitative estimate of drug-likeness (QED) is 0.830. The highest BCUT2D eigenvalue weighted by Gasteiger charge is 2.26. The predicted molar refractivity (Wildman–Crippen MR) is 105 cm³/mol. The molecule has 1 aromatic rings. The maximum absolute atomic E-state index is 12.8. The number of piperidine rings is 1. The Balaban J connectivity index is 1.51. The van der Waals surface area contributed by atoms with Crippen LogP contribution in [0, 0.1) is 0 Å². The summed E-state index contributed by atoms with van der Waals surface area (Å²) in [6.45, 7) is 7.79. The van der Waals surface area contributed by atoms with E-state index >= 15 is 0 Å². The summed E-state index contributed by atoms with van der Waals surface area (Å²) in [6, 6.07) is 7.40. The highest BCUT2D eigenvalue weighted by molar-refractivity contribution is 5.98. The molecule has 148 valence electrons. The van der Waals surface area contributed by atoms with Crippen LogP contribution in [0.15, 0.2) is 24.3 Å². The van der Waals surface area contributed by atoms with Crippen molar-refractivity contribution in [2.75, 3.05) is 45.9 Å². The van der Waals surface area contributed by atoms with Crippen LogP contribution in [-0.2, 0) is 4.74 Å². The van der Waals surface area contributed by atoms with Crippen molar-refractivity contribution >= 4 is 11.8 Å². The molecule has 0 radical (unpaired) electrons. The standard InChI is InChI=1S/C21H31N3O3/c1-2-19-5-3-4-11-24(19)21(26)18-8-6-17(7-9-18)20(25)22-10-12-23-13-15-27-16-14-23/h6-9,19H,2-5,10-16H2,1H3,(H,22,25). The van der Waals surface area contributed by atoms with Gasteiger partial charge in [0.05, 0.1) is 13.2 Å². The lowest BCUT2D eigenvalue weighted by Gasteiger charge is -2.35. The summed E-state index contributed by atoms with van der Waals surface area (Å²) in [4.78, 5) is 29.4. The third-order valence-corrected chi connectivity index (χ3v) is 5.57. The Morgan fingerprint density at radius 3 is 2.48 bits per heavy atom. The molecule has 6 nitrogen and oxygen atoms in total. The summed E-state index contributed by atoms with van der Waals surface area (Å²) < 4.78 is 5.32. The number of nitrogens with zero attached hydrogens (tertiary/aromatic N) is 2. The zero-order chi connectivity index (χ0) is 19.1. The van der Waals surface area contributed by atoms with E-state index in [2.05, 4.69) is 17.1 Å². The first-order valence-corrected chi connectivity index (χ1v) is 10.2. The summed E-state index contributed by atoms with van der Waals surface area (Å²) in [7, 11) is 0. The molecule has 0 bridgehead atoms. The largest absolute Gasteiger partial charge is 0.379 e. The Morgan fingerprint density at radius 1 is 1.07 bits per heavy atom. The van der Waals surface area contributed by atoms with Crippen molar-refractivity contribution in [1.82, 2.24) is 15.1 Å². The van der Waals surface area contributed by atoms with Gasteiger partial charge in [-0.3, -0.25) is 14.5 Å². The van der Waals surface area contributed by atoms with Crippen LogP contribution in [0.3, 0.4) is 0 Å². The Labute approximate surface area is 161 Å². The van der Waals surface area contributed by atoms with E-state index in [9.17, 15) is 9.59 Å². The summed E-state index contributed by atoms with van der Waals surface area (Å²) in [5, 5.41) is 2.96. The van der Waals surface area contributed by atoms with Crippen LogP contribution in [-0.4, -0.2) is 73.6 Å². The van der Waals surface area contributed by atoms with Gasteiger partial charge >= 0.3 is 0 Å². The minimum Gasteiger partial charge on any atom is -0.379 e. The number of rotatable bonds is 6. The van der Waals surface area contributed by atoms with Crippen molar-refractivity contribution in [3.63, 3.8) is 0 Å². The van der Waals surface area contributed by atoms with E-state index in [0.29, 0.717) is 23.7 Å². The van der Waals surface area contributed by atoms with Crippen molar-refractivity contribution in [3.8, 4) is 0 Å². The first-order valence-electron chi connectivity index (χ1n) is 10.2. The van der Waals surface area contributed by atoms with Gasteiger partial charge in [-0.25, -0.2) is 0 Å². The zero-order valence-corrected chi connectivity index (χ0v) is 16.3. The first-order chi connectivity index (χ1) is 13.2.